The number of ether oxygens (including phenoxy) is 1. The smallest absolute Gasteiger partial charge is 0.199 e. The first-order chi connectivity index (χ1) is 8.06. The quantitative estimate of drug-likeness (QED) is 0.851. The summed E-state index contributed by atoms with van der Waals surface area (Å²) in [7, 11) is 1.66. The van der Waals surface area contributed by atoms with Gasteiger partial charge < -0.3 is 4.74 Å². The fourth-order valence-electron chi connectivity index (χ4n) is 1.61. The Morgan fingerprint density at radius 1 is 1.29 bits per heavy atom. The molecule has 0 unspecified atom stereocenters. The van der Waals surface area contributed by atoms with Gasteiger partial charge in [0.2, 0.25) is 0 Å². The van der Waals surface area contributed by atoms with Gasteiger partial charge in [-0.05, 0) is 38.2 Å². The Hall–Kier alpha value is -1.46. The molecule has 0 saturated carbocycles. The number of nitrogens with zero attached hydrogens (tertiary/aromatic N) is 2. The molecule has 0 amide bonds. The molecule has 1 aromatic heterocycles. The normalized spacial score (nSPS) is 11.7. The van der Waals surface area contributed by atoms with E-state index in [9.17, 15) is 0 Å². The fourth-order valence-corrected chi connectivity index (χ4v) is 1.85. The van der Waals surface area contributed by atoms with Crippen molar-refractivity contribution in [2.45, 2.75) is 19.4 Å². The summed E-state index contributed by atoms with van der Waals surface area (Å²) in [5, 5.41) is 7.07. The van der Waals surface area contributed by atoms with Gasteiger partial charge in [0, 0.05) is 12.8 Å². The topological polar surface area (TPSA) is 42.8 Å². The van der Waals surface area contributed by atoms with Gasteiger partial charge >= 0.3 is 0 Å². The zero-order valence-corrected chi connectivity index (χ0v) is 10.9. The van der Waals surface area contributed by atoms with Gasteiger partial charge in [-0.2, -0.15) is 5.10 Å². The minimum Gasteiger partial charge on any atom is -0.371 e. The van der Waals surface area contributed by atoms with Crippen molar-refractivity contribution in [2.75, 3.05) is 7.11 Å². The molecule has 2 aromatic rings. The number of rotatable bonds is 3. The van der Waals surface area contributed by atoms with E-state index >= 15 is 0 Å². The zero-order valence-electron chi connectivity index (χ0n) is 10.1. The lowest BCUT2D eigenvalue weighted by Crippen LogP contribution is -2.24. The van der Waals surface area contributed by atoms with E-state index in [1.54, 1.807) is 7.11 Å². The first-order valence-corrected chi connectivity index (χ1v) is 5.75. The predicted molar refractivity (Wildman–Crippen MR) is 68.8 cm³/mol. The van der Waals surface area contributed by atoms with E-state index in [-0.39, 0.29) is 0 Å². The predicted octanol–water partition coefficient (Wildman–Crippen LogP) is 2.81. The van der Waals surface area contributed by atoms with E-state index < -0.39 is 5.60 Å². The van der Waals surface area contributed by atoms with Gasteiger partial charge in [-0.3, -0.25) is 9.67 Å². The summed E-state index contributed by atoms with van der Waals surface area (Å²) in [6.45, 7) is 3.91. The van der Waals surface area contributed by atoms with Crippen LogP contribution in [0.2, 0.25) is 0 Å². The summed E-state index contributed by atoms with van der Waals surface area (Å²) in [6, 6.07) is 9.87. The third kappa shape index (κ3) is 2.16. The first kappa shape index (κ1) is 12.0. The number of H-pyrrole nitrogens is 1. The maximum Gasteiger partial charge on any atom is 0.199 e. The van der Waals surface area contributed by atoms with Gasteiger partial charge in [-0.15, -0.1) is 0 Å². The molecule has 0 fully saturated rings. The summed E-state index contributed by atoms with van der Waals surface area (Å²) in [5.74, 6) is 0.760. The second-order valence-electron chi connectivity index (χ2n) is 4.24. The Balaban J connectivity index is 2.63. The number of nitrogens with one attached hydrogen (secondary N) is 1. The van der Waals surface area contributed by atoms with E-state index in [0.717, 1.165) is 11.5 Å². The van der Waals surface area contributed by atoms with E-state index in [1.807, 2.05) is 48.7 Å². The second kappa shape index (κ2) is 4.43. The van der Waals surface area contributed by atoms with E-state index in [0.29, 0.717) is 4.77 Å². The highest BCUT2D eigenvalue weighted by atomic mass is 32.1. The van der Waals surface area contributed by atoms with E-state index in [2.05, 4.69) is 10.2 Å². The van der Waals surface area contributed by atoms with Crippen LogP contribution in [-0.4, -0.2) is 21.9 Å². The van der Waals surface area contributed by atoms with Gasteiger partial charge in [0.05, 0.1) is 0 Å². The molecule has 0 bridgehead atoms. The molecule has 0 spiro atoms. The minimum absolute atomic E-state index is 0.497. The Morgan fingerprint density at radius 2 is 1.94 bits per heavy atom. The van der Waals surface area contributed by atoms with Crippen LogP contribution in [0.25, 0.3) is 5.69 Å². The van der Waals surface area contributed by atoms with Gasteiger partial charge in [-0.1, -0.05) is 18.2 Å². The summed E-state index contributed by atoms with van der Waals surface area (Å²) < 4.78 is 7.90. The van der Waals surface area contributed by atoms with Gasteiger partial charge in [0.25, 0.3) is 0 Å². The molecule has 0 radical (unpaired) electrons. The van der Waals surface area contributed by atoms with Crippen LogP contribution >= 0.6 is 12.2 Å². The van der Waals surface area contributed by atoms with Crippen LogP contribution < -0.4 is 0 Å². The molecule has 1 N–H and O–H groups in total. The molecule has 0 aliphatic rings. The van der Waals surface area contributed by atoms with E-state index in [1.165, 1.54) is 0 Å². The largest absolute Gasteiger partial charge is 0.371 e. The van der Waals surface area contributed by atoms with Crippen molar-refractivity contribution in [3.8, 4) is 5.69 Å². The molecule has 0 aliphatic carbocycles. The molecule has 5 heteroatoms. The number of para-hydroxylation sites is 1. The molecule has 1 aromatic carbocycles. The Kier molecular flexibility index (Phi) is 3.13. The van der Waals surface area contributed by atoms with Crippen LogP contribution in [0.3, 0.4) is 0 Å². The minimum atomic E-state index is -0.497. The van der Waals surface area contributed by atoms with Crippen LogP contribution in [0.5, 0.6) is 0 Å². The third-order valence-electron chi connectivity index (χ3n) is 2.74. The molecular weight excluding hydrogens is 234 g/mol. The molecule has 2 rings (SSSR count). The zero-order chi connectivity index (χ0) is 12.5. The Bertz CT molecular complexity index is 557. The van der Waals surface area contributed by atoms with E-state index in [4.69, 9.17) is 17.0 Å². The SMILES string of the molecule is COC(C)(C)c1n[nH]c(=S)n1-c1ccccc1. The summed E-state index contributed by atoms with van der Waals surface area (Å²) in [5.41, 5.74) is 0.481. The number of hydrogen-bond donors (Lipinski definition) is 1. The number of benzene rings is 1. The number of aromatic nitrogens is 3. The average Bonchev–Trinajstić information content (AvgIpc) is 2.73. The fraction of sp³-hybridized carbons (Fsp3) is 0.333. The van der Waals surface area contributed by atoms with Crippen molar-refractivity contribution in [1.29, 1.82) is 0 Å². The number of hydrogen-bond acceptors (Lipinski definition) is 3. The second-order valence-corrected chi connectivity index (χ2v) is 4.62. The highest BCUT2D eigenvalue weighted by Gasteiger charge is 2.27. The summed E-state index contributed by atoms with van der Waals surface area (Å²) >= 11 is 5.26. The lowest BCUT2D eigenvalue weighted by molar-refractivity contribution is 0.00994. The molecular formula is C12H15N3OS. The summed E-state index contributed by atoms with van der Waals surface area (Å²) in [6.07, 6.45) is 0. The van der Waals surface area contributed by atoms with Crippen LogP contribution in [0.4, 0.5) is 0 Å². The molecule has 0 saturated heterocycles. The lowest BCUT2D eigenvalue weighted by atomic mass is 10.1. The standard InChI is InChI=1S/C12H15N3OS/c1-12(2,16-3)10-13-14-11(17)15(10)9-7-5-4-6-8-9/h4-8H,1-3H3,(H,14,17). The molecule has 90 valence electrons. The molecule has 1 heterocycles. The maximum atomic E-state index is 5.45. The monoisotopic (exact) mass is 249 g/mol. The lowest BCUT2D eigenvalue weighted by Gasteiger charge is -2.22. The molecule has 0 aliphatic heterocycles. The Morgan fingerprint density at radius 3 is 2.53 bits per heavy atom. The van der Waals surface area contributed by atoms with Gasteiger partial charge in [0.1, 0.15) is 5.60 Å². The van der Waals surface area contributed by atoms with Crippen molar-refractivity contribution in [1.82, 2.24) is 14.8 Å². The highest BCUT2D eigenvalue weighted by Crippen LogP contribution is 2.24. The first-order valence-electron chi connectivity index (χ1n) is 5.35. The van der Waals surface area contributed by atoms with Crippen LogP contribution in [-0.2, 0) is 10.3 Å². The molecule has 0 atom stereocenters. The highest BCUT2D eigenvalue weighted by molar-refractivity contribution is 7.71. The van der Waals surface area contributed by atoms with Crippen molar-refractivity contribution in [3.05, 3.63) is 40.9 Å². The molecule has 17 heavy (non-hydrogen) atoms. The van der Waals surface area contributed by atoms with Gasteiger partial charge in [-0.25, -0.2) is 0 Å². The van der Waals surface area contributed by atoms with Crippen molar-refractivity contribution >= 4 is 12.2 Å². The average molecular weight is 249 g/mol. The number of methoxy groups -OCH3 is 1. The van der Waals surface area contributed by atoms with Crippen LogP contribution in [0.15, 0.2) is 30.3 Å². The van der Waals surface area contributed by atoms with Crippen LogP contribution in [0.1, 0.15) is 19.7 Å². The third-order valence-corrected chi connectivity index (χ3v) is 3.01. The van der Waals surface area contributed by atoms with Gasteiger partial charge in [0.15, 0.2) is 10.6 Å². The van der Waals surface area contributed by atoms with Crippen molar-refractivity contribution in [3.63, 3.8) is 0 Å². The van der Waals surface area contributed by atoms with Crippen molar-refractivity contribution in [2.24, 2.45) is 0 Å². The summed E-state index contributed by atoms with van der Waals surface area (Å²) in [4.78, 5) is 0. The maximum absolute atomic E-state index is 5.45. The Labute approximate surface area is 105 Å². The number of aromatic amines is 1. The molecule has 4 nitrogen and oxygen atoms in total. The van der Waals surface area contributed by atoms with Crippen LogP contribution in [0, 0.1) is 4.77 Å². The van der Waals surface area contributed by atoms with Crippen molar-refractivity contribution < 1.29 is 4.74 Å².